The van der Waals surface area contributed by atoms with Crippen LogP contribution in [0.1, 0.15) is 24.1 Å². The fraction of sp³-hybridized carbons (Fsp3) is 0.160. The molecule has 0 aliphatic rings. The third-order valence-electron chi connectivity index (χ3n) is 5.08. The molecule has 2 heterocycles. The number of benzene rings is 2. The predicted octanol–water partition coefficient (Wildman–Crippen LogP) is 5.51. The quantitative estimate of drug-likeness (QED) is 0.375. The Hall–Kier alpha value is -3.18. The molecule has 5 heteroatoms. The lowest BCUT2D eigenvalue weighted by molar-refractivity contribution is -0.131. The molecule has 0 saturated carbocycles. The molecular formula is C25H23N3OS. The predicted molar refractivity (Wildman–Crippen MR) is 122 cm³/mol. The van der Waals surface area contributed by atoms with Gasteiger partial charge >= 0.3 is 0 Å². The van der Waals surface area contributed by atoms with Crippen molar-refractivity contribution in [3.05, 3.63) is 103 Å². The molecule has 2 aromatic heterocycles. The first kappa shape index (κ1) is 20.1. The lowest BCUT2D eigenvalue weighted by atomic mass is 10.1. The second-order valence-corrected chi connectivity index (χ2v) is 8.16. The van der Waals surface area contributed by atoms with E-state index in [-0.39, 0.29) is 11.9 Å². The van der Waals surface area contributed by atoms with Crippen LogP contribution in [-0.2, 0) is 11.3 Å². The Morgan fingerprint density at radius 2 is 1.73 bits per heavy atom. The molecule has 0 N–H and O–H groups in total. The summed E-state index contributed by atoms with van der Waals surface area (Å²) in [6, 6.07) is 24.1. The zero-order chi connectivity index (χ0) is 20.8. The van der Waals surface area contributed by atoms with E-state index >= 15 is 0 Å². The van der Waals surface area contributed by atoms with Gasteiger partial charge in [-0.15, -0.1) is 11.8 Å². The molecule has 0 saturated heterocycles. The number of para-hydroxylation sites is 1. The summed E-state index contributed by atoms with van der Waals surface area (Å²) in [5.74, 6) is 0.476. The van der Waals surface area contributed by atoms with Crippen molar-refractivity contribution in [3.63, 3.8) is 0 Å². The molecule has 1 amide bonds. The molecule has 150 valence electrons. The van der Waals surface area contributed by atoms with Crippen LogP contribution in [0.3, 0.4) is 0 Å². The van der Waals surface area contributed by atoms with Gasteiger partial charge in [0.15, 0.2) is 0 Å². The van der Waals surface area contributed by atoms with E-state index in [0.29, 0.717) is 12.3 Å². The number of amides is 1. The molecule has 1 atom stereocenters. The van der Waals surface area contributed by atoms with Crippen molar-refractivity contribution >= 4 is 28.6 Å². The maximum absolute atomic E-state index is 13.3. The largest absolute Gasteiger partial charge is 0.331 e. The summed E-state index contributed by atoms with van der Waals surface area (Å²) in [7, 11) is 0. The zero-order valence-electron chi connectivity index (χ0n) is 16.8. The first-order chi connectivity index (χ1) is 14.7. The first-order valence-electron chi connectivity index (χ1n) is 9.91. The third-order valence-corrected chi connectivity index (χ3v) is 6.08. The van der Waals surface area contributed by atoms with Crippen LogP contribution in [0.2, 0.25) is 0 Å². The lowest BCUT2D eigenvalue weighted by Crippen LogP contribution is -2.34. The molecular weight excluding hydrogens is 390 g/mol. The van der Waals surface area contributed by atoms with Crippen LogP contribution < -0.4 is 0 Å². The van der Waals surface area contributed by atoms with Crippen molar-refractivity contribution in [1.82, 2.24) is 14.9 Å². The molecule has 4 rings (SSSR count). The zero-order valence-corrected chi connectivity index (χ0v) is 17.6. The number of nitrogens with zero attached hydrogens (tertiary/aromatic N) is 3. The van der Waals surface area contributed by atoms with Crippen LogP contribution >= 0.6 is 11.8 Å². The van der Waals surface area contributed by atoms with Crippen molar-refractivity contribution in [3.8, 4) is 0 Å². The maximum atomic E-state index is 13.3. The third kappa shape index (κ3) is 4.86. The van der Waals surface area contributed by atoms with Gasteiger partial charge in [0.1, 0.15) is 0 Å². The smallest absolute Gasteiger partial charge is 0.233 e. The van der Waals surface area contributed by atoms with Gasteiger partial charge in [-0.1, -0.05) is 48.5 Å². The Balaban J connectivity index is 1.57. The van der Waals surface area contributed by atoms with Crippen LogP contribution in [0.15, 0.2) is 96.3 Å². The minimum atomic E-state index is -0.0387. The highest BCUT2D eigenvalue weighted by atomic mass is 32.2. The summed E-state index contributed by atoms with van der Waals surface area (Å²) < 4.78 is 0. The molecule has 0 unspecified atom stereocenters. The van der Waals surface area contributed by atoms with Crippen LogP contribution in [0, 0.1) is 0 Å². The fourth-order valence-corrected chi connectivity index (χ4v) is 4.18. The molecule has 0 aliphatic carbocycles. The van der Waals surface area contributed by atoms with Gasteiger partial charge in [0.05, 0.1) is 17.3 Å². The summed E-state index contributed by atoms with van der Waals surface area (Å²) >= 11 is 1.54. The Morgan fingerprint density at radius 3 is 2.53 bits per heavy atom. The van der Waals surface area contributed by atoms with E-state index < -0.39 is 0 Å². The fourth-order valence-electron chi connectivity index (χ4n) is 3.41. The average Bonchev–Trinajstić information content (AvgIpc) is 2.81. The minimum Gasteiger partial charge on any atom is -0.331 e. The average molecular weight is 414 g/mol. The van der Waals surface area contributed by atoms with Crippen LogP contribution in [-0.4, -0.2) is 26.5 Å². The van der Waals surface area contributed by atoms with Gasteiger partial charge in [-0.25, -0.2) is 0 Å². The van der Waals surface area contributed by atoms with Crippen LogP contribution in [0.5, 0.6) is 0 Å². The molecule has 0 radical (unpaired) electrons. The second-order valence-electron chi connectivity index (χ2n) is 7.12. The molecule has 2 aromatic carbocycles. The Kier molecular flexibility index (Phi) is 6.40. The van der Waals surface area contributed by atoms with E-state index in [1.807, 2.05) is 59.6 Å². The van der Waals surface area contributed by atoms with Gasteiger partial charge < -0.3 is 4.90 Å². The number of thioether (sulfide) groups is 1. The van der Waals surface area contributed by atoms with Gasteiger partial charge in [0.25, 0.3) is 0 Å². The summed E-state index contributed by atoms with van der Waals surface area (Å²) in [6.07, 6.45) is 5.37. The number of hydrogen-bond donors (Lipinski definition) is 0. The van der Waals surface area contributed by atoms with Crippen LogP contribution in [0.4, 0.5) is 0 Å². The van der Waals surface area contributed by atoms with Gasteiger partial charge in [-0.05, 0) is 42.3 Å². The van der Waals surface area contributed by atoms with E-state index in [0.717, 1.165) is 26.9 Å². The van der Waals surface area contributed by atoms with E-state index in [4.69, 9.17) is 0 Å². The van der Waals surface area contributed by atoms with E-state index in [2.05, 4.69) is 41.2 Å². The topological polar surface area (TPSA) is 46.1 Å². The highest BCUT2D eigenvalue weighted by Crippen LogP contribution is 2.26. The van der Waals surface area contributed by atoms with Gasteiger partial charge in [-0.2, -0.15) is 0 Å². The van der Waals surface area contributed by atoms with Gasteiger partial charge in [0, 0.05) is 35.4 Å². The summed E-state index contributed by atoms with van der Waals surface area (Å²) in [6.45, 7) is 2.60. The molecule has 0 fully saturated rings. The highest BCUT2D eigenvalue weighted by molar-refractivity contribution is 8.00. The number of pyridine rings is 2. The first-order valence-corrected chi connectivity index (χ1v) is 10.9. The van der Waals surface area contributed by atoms with E-state index in [1.54, 1.807) is 12.4 Å². The maximum Gasteiger partial charge on any atom is 0.233 e. The monoisotopic (exact) mass is 413 g/mol. The standard InChI is InChI=1S/C25H23N3OS/c1-19(21-7-3-2-4-8-21)28(25(29)18-30-23-11-13-26-14-12-23)17-20-15-22-9-5-6-10-24(22)27-16-20/h2-16,19H,17-18H2,1H3/t19-/m0/s1. The van der Waals surface area contributed by atoms with Crippen molar-refractivity contribution in [1.29, 1.82) is 0 Å². The van der Waals surface area contributed by atoms with Crippen molar-refractivity contribution in [2.24, 2.45) is 0 Å². The Morgan fingerprint density at radius 1 is 1.00 bits per heavy atom. The highest BCUT2D eigenvalue weighted by Gasteiger charge is 2.22. The number of aromatic nitrogens is 2. The normalized spacial score (nSPS) is 11.9. The molecule has 0 spiro atoms. The van der Waals surface area contributed by atoms with Gasteiger partial charge in [-0.3, -0.25) is 14.8 Å². The summed E-state index contributed by atoms with van der Waals surface area (Å²) in [4.78, 5) is 24.9. The van der Waals surface area contributed by atoms with E-state index in [1.165, 1.54) is 11.8 Å². The van der Waals surface area contributed by atoms with Gasteiger partial charge in [0.2, 0.25) is 5.91 Å². The van der Waals surface area contributed by atoms with Crippen molar-refractivity contribution < 1.29 is 4.79 Å². The van der Waals surface area contributed by atoms with Crippen molar-refractivity contribution in [2.75, 3.05) is 5.75 Å². The van der Waals surface area contributed by atoms with Crippen molar-refractivity contribution in [2.45, 2.75) is 24.4 Å². The van der Waals surface area contributed by atoms with E-state index in [9.17, 15) is 4.79 Å². The molecule has 4 nitrogen and oxygen atoms in total. The number of carbonyl (C=O) groups excluding carboxylic acids is 1. The lowest BCUT2D eigenvalue weighted by Gasteiger charge is -2.30. The Labute approximate surface area is 181 Å². The second kappa shape index (κ2) is 9.55. The number of carbonyl (C=O) groups is 1. The molecule has 0 aliphatic heterocycles. The molecule has 4 aromatic rings. The SMILES string of the molecule is C[C@@H](c1ccccc1)N(Cc1cnc2ccccc2c1)C(=O)CSc1ccncc1. The summed E-state index contributed by atoms with van der Waals surface area (Å²) in [5, 5.41) is 1.08. The Bertz CT molecular complexity index is 1120. The summed E-state index contributed by atoms with van der Waals surface area (Å²) in [5.41, 5.74) is 3.11. The molecule has 0 bridgehead atoms. The number of hydrogen-bond acceptors (Lipinski definition) is 4. The molecule has 30 heavy (non-hydrogen) atoms. The number of rotatable bonds is 7. The minimum absolute atomic E-state index is 0.0387. The number of fused-ring (bicyclic) bond motifs is 1. The van der Waals surface area contributed by atoms with Crippen LogP contribution in [0.25, 0.3) is 10.9 Å².